The van der Waals surface area contributed by atoms with Gasteiger partial charge in [-0.25, -0.2) is 0 Å². The van der Waals surface area contributed by atoms with Gasteiger partial charge >= 0.3 is 0 Å². The van der Waals surface area contributed by atoms with E-state index in [4.69, 9.17) is 15.2 Å². The zero-order chi connectivity index (χ0) is 15.3. The van der Waals surface area contributed by atoms with Crippen LogP contribution in [0.5, 0.6) is 0 Å². The molecule has 2 saturated carbocycles. The molecule has 3 fully saturated rings. The van der Waals surface area contributed by atoms with Crippen molar-refractivity contribution in [2.75, 3.05) is 13.2 Å². The van der Waals surface area contributed by atoms with E-state index in [1.807, 2.05) is 0 Å². The van der Waals surface area contributed by atoms with Crippen LogP contribution in [-0.4, -0.2) is 34.9 Å². The Bertz CT molecular complexity index is 566. The minimum absolute atomic E-state index is 0.174. The first-order valence-corrected chi connectivity index (χ1v) is 7.93. The van der Waals surface area contributed by atoms with Crippen molar-refractivity contribution in [2.24, 2.45) is 11.1 Å². The Balaban J connectivity index is 1.51. The molecule has 0 bridgehead atoms. The Labute approximate surface area is 129 Å². The van der Waals surface area contributed by atoms with Gasteiger partial charge in [0.05, 0.1) is 24.3 Å². The summed E-state index contributed by atoms with van der Waals surface area (Å²) in [5.74, 6) is -0.643. The highest BCUT2D eigenvalue weighted by Gasteiger charge is 2.62. The van der Waals surface area contributed by atoms with E-state index in [9.17, 15) is 4.79 Å². The van der Waals surface area contributed by atoms with E-state index in [0.717, 1.165) is 38.5 Å². The standard InChI is InChI=1S/C16H21N3O3/c17-13(20)15(12-9-18-5-6-19-12)10-14(11-15)1-3-16(4-2-14)21-7-8-22-16/h5-6,9H,1-4,7-8,10-11H2,(H2,17,20). The molecule has 2 spiro atoms. The number of nitrogens with zero attached hydrogens (tertiary/aromatic N) is 2. The highest BCUT2D eigenvalue weighted by atomic mass is 16.7. The van der Waals surface area contributed by atoms with E-state index < -0.39 is 5.41 Å². The summed E-state index contributed by atoms with van der Waals surface area (Å²) in [6, 6.07) is 0. The van der Waals surface area contributed by atoms with Crippen LogP contribution in [0.25, 0.3) is 0 Å². The van der Waals surface area contributed by atoms with E-state index in [-0.39, 0.29) is 17.1 Å². The maximum absolute atomic E-state index is 12.1. The van der Waals surface area contributed by atoms with Crippen molar-refractivity contribution in [3.63, 3.8) is 0 Å². The fourth-order valence-electron chi connectivity index (χ4n) is 4.56. The number of ether oxygens (including phenoxy) is 2. The number of carbonyl (C=O) groups excluding carboxylic acids is 1. The molecule has 2 heterocycles. The van der Waals surface area contributed by atoms with E-state index in [0.29, 0.717) is 18.9 Å². The molecular weight excluding hydrogens is 282 g/mol. The molecule has 0 unspecified atom stereocenters. The summed E-state index contributed by atoms with van der Waals surface area (Å²) in [4.78, 5) is 20.5. The van der Waals surface area contributed by atoms with Gasteiger partial charge in [0.2, 0.25) is 5.91 Å². The van der Waals surface area contributed by atoms with Crippen LogP contribution in [0.2, 0.25) is 0 Å². The molecule has 4 rings (SSSR count). The fraction of sp³-hybridized carbons (Fsp3) is 0.688. The van der Waals surface area contributed by atoms with Crippen LogP contribution in [0.4, 0.5) is 0 Å². The maximum Gasteiger partial charge on any atom is 0.229 e. The molecule has 2 N–H and O–H groups in total. The Morgan fingerprint density at radius 2 is 1.77 bits per heavy atom. The smallest absolute Gasteiger partial charge is 0.229 e. The van der Waals surface area contributed by atoms with Gasteiger partial charge in [0, 0.05) is 31.4 Å². The first-order valence-electron chi connectivity index (χ1n) is 7.93. The lowest BCUT2D eigenvalue weighted by Gasteiger charge is -2.57. The second-order valence-electron chi connectivity index (χ2n) is 7.00. The number of primary amides is 1. The van der Waals surface area contributed by atoms with Gasteiger partial charge in [0.25, 0.3) is 0 Å². The molecule has 1 aliphatic heterocycles. The molecule has 118 valence electrons. The van der Waals surface area contributed by atoms with Crippen LogP contribution < -0.4 is 5.73 Å². The molecule has 22 heavy (non-hydrogen) atoms. The van der Waals surface area contributed by atoms with Crippen LogP contribution in [0.3, 0.4) is 0 Å². The van der Waals surface area contributed by atoms with Gasteiger partial charge in [0.15, 0.2) is 5.79 Å². The molecule has 0 atom stereocenters. The van der Waals surface area contributed by atoms with Gasteiger partial charge in [-0.1, -0.05) is 0 Å². The van der Waals surface area contributed by atoms with Gasteiger partial charge < -0.3 is 15.2 Å². The molecule has 1 amide bonds. The van der Waals surface area contributed by atoms with Gasteiger partial charge in [0.1, 0.15) is 0 Å². The lowest BCUT2D eigenvalue weighted by molar-refractivity contribution is -0.205. The van der Waals surface area contributed by atoms with E-state index in [2.05, 4.69) is 9.97 Å². The topological polar surface area (TPSA) is 87.3 Å². The lowest BCUT2D eigenvalue weighted by atomic mass is 9.47. The van der Waals surface area contributed by atoms with Crippen LogP contribution in [0, 0.1) is 5.41 Å². The van der Waals surface area contributed by atoms with Crippen molar-refractivity contribution < 1.29 is 14.3 Å². The second kappa shape index (κ2) is 4.73. The third kappa shape index (κ3) is 1.97. The second-order valence-corrected chi connectivity index (χ2v) is 7.00. The maximum atomic E-state index is 12.1. The third-order valence-electron chi connectivity index (χ3n) is 5.76. The molecule has 0 radical (unpaired) electrons. The number of aromatic nitrogens is 2. The number of hydrogen-bond donors (Lipinski definition) is 1. The largest absolute Gasteiger partial charge is 0.369 e. The molecule has 1 saturated heterocycles. The number of nitrogens with two attached hydrogens (primary N) is 1. The zero-order valence-corrected chi connectivity index (χ0v) is 12.6. The van der Waals surface area contributed by atoms with Crippen molar-refractivity contribution in [1.82, 2.24) is 9.97 Å². The first kappa shape index (κ1) is 14.1. The molecule has 6 nitrogen and oxygen atoms in total. The third-order valence-corrected chi connectivity index (χ3v) is 5.76. The number of hydrogen-bond acceptors (Lipinski definition) is 5. The fourth-order valence-corrected chi connectivity index (χ4v) is 4.56. The average molecular weight is 303 g/mol. The van der Waals surface area contributed by atoms with E-state index >= 15 is 0 Å². The minimum Gasteiger partial charge on any atom is -0.369 e. The Kier molecular flexibility index (Phi) is 3.03. The summed E-state index contributed by atoms with van der Waals surface area (Å²) in [6.07, 6.45) is 10.3. The normalized spacial score (nSPS) is 27.6. The Hall–Kier alpha value is -1.53. The molecule has 0 aromatic carbocycles. The summed E-state index contributed by atoms with van der Waals surface area (Å²) >= 11 is 0. The van der Waals surface area contributed by atoms with Gasteiger partial charge in [-0.05, 0) is 31.1 Å². The Morgan fingerprint density at radius 3 is 2.32 bits per heavy atom. The molecule has 1 aromatic heterocycles. The highest BCUT2D eigenvalue weighted by Crippen LogP contribution is 2.63. The van der Waals surface area contributed by atoms with Crippen LogP contribution in [0.1, 0.15) is 44.2 Å². The van der Waals surface area contributed by atoms with Crippen LogP contribution in [0.15, 0.2) is 18.6 Å². The predicted molar refractivity (Wildman–Crippen MR) is 77.7 cm³/mol. The molecule has 2 aliphatic carbocycles. The Morgan fingerprint density at radius 1 is 1.09 bits per heavy atom. The quantitative estimate of drug-likeness (QED) is 0.889. The lowest BCUT2D eigenvalue weighted by Crippen LogP contribution is -2.59. The molecule has 6 heteroatoms. The van der Waals surface area contributed by atoms with Crippen LogP contribution >= 0.6 is 0 Å². The summed E-state index contributed by atoms with van der Waals surface area (Å²) in [7, 11) is 0. The summed E-state index contributed by atoms with van der Waals surface area (Å²) in [5.41, 5.74) is 5.96. The van der Waals surface area contributed by atoms with E-state index in [1.165, 1.54) is 0 Å². The number of rotatable bonds is 2. The van der Waals surface area contributed by atoms with Crippen molar-refractivity contribution in [2.45, 2.75) is 49.7 Å². The van der Waals surface area contributed by atoms with Gasteiger partial charge in [-0.15, -0.1) is 0 Å². The van der Waals surface area contributed by atoms with Gasteiger partial charge in [-0.3, -0.25) is 14.8 Å². The van der Waals surface area contributed by atoms with Crippen molar-refractivity contribution in [1.29, 1.82) is 0 Å². The zero-order valence-electron chi connectivity index (χ0n) is 12.6. The summed E-state index contributed by atoms with van der Waals surface area (Å²) in [5, 5.41) is 0. The first-order chi connectivity index (χ1) is 10.6. The summed E-state index contributed by atoms with van der Waals surface area (Å²) in [6.45, 7) is 1.38. The molecule has 1 aromatic rings. The molecule has 3 aliphatic rings. The summed E-state index contributed by atoms with van der Waals surface area (Å²) < 4.78 is 11.6. The van der Waals surface area contributed by atoms with Crippen LogP contribution in [-0.2, 0) is 19.7 Å². The van der Waals surface area contributed by atoms with Gasteiger partial charge in [-0.2, -0.15) is 0 Å². The SMILES string of the molecule is NC(=O)C1(c2cnccn2)CC2(CCC3(CC2)OCCO3)C1. The highest BCUT2D eigenvalue weighted by molar-refractivity contribution is 5.87. The van der Waals surface area contributed by atoms with Crippen molar-refractivity contribution >= 4 is 5.91 Å². The number of carbonyl (C=O) groups is 1. The van der Waals surface area contributed by atoms with E-state index in [1.54, 1.807) is 18.6 Å². The van der Waals surface area contributed by atoms with Crippen molar-refractivity contribution in [3.05, 3.63) is 24.3 Å². The monoisotopic (exact) mass is 303 g/mol. The average Bonchev–Trinajstić information content (AvgIpc) is 2.95. The predicted octanol–water partition coefficient (Wildman–Crippen LogP) is 1.30. The van der Waals surface area contributed by atoms with Crippen molar-refractivity contribution in [3.8, 4) is 0 Å². The minimum atomic E-state index is -0.643. The molecular formula is C16H21N3O3. The number of amides is 1.